The number of nitrogens with zero attached hydrogens (tertiary/aromatic N) is 5. The van der Waals surface area contributed by atoms with Crippen molar-refractivity contribution in [3.8, 4) is 0 Å². The van der Waals surface area contributed by atoms with Crippen LogP contribution >= 0.6 is 11.6 Å². The van der Waals surface area contributed by atoms with Gasteiger partial charge in [-0.1, -0.05) is 11.6 Å². The van der Waals surface area contributed by atoms with Crippen molar-refractivity contribution in [2.24, 2.45) is 0 Å². The smallest absolute Gasteiger partial charge is 0.258 e. The minimum absolute atomic E-state index is 0.149. The molecule has 1 unspecified atom stereocenters. The Bertz CT molecular complexity index is 907. The molecule has 24 heavy (non-hydrogen) atoms. The van der Waals surface area contributed by atoms with Gasteiger partial charge in [-0.2, -0.15) is 5.10 Å². The van der Waals surface area contributed by atoms with Crippen molar-refractivity contribution < 1.29 is 0 Å². The normalized spacial score (nSPS) is 18.5. The molecule has 124 valence electrons. The van der Waals surface area contributed by atoms with Crippen LogP contribution in [0.3, 0.4) is 0 Å². The van der Waals surface area contributed by atoms with E-state index in [1.807, 2.05) is 4.68 Å². The van der Waals surface area contributed by atoms with E-state index in [1.54, 1.807) is 30.9 Å². The highest BCUT2D eigenvalue weighted by molar-refractivity contribution is 6.31. The van der Waals surface area contributed by atoms with Crippen LogP contribution in [-0.2, 0) is 13.1 Å². The van der Waals surface area contributed by atoms with Crippen molar-refractivity contribution in [3.63, 3.8) is 0 Å². The van der Waals surface area contributed by atoms with Crippen LogP contribution in [0.1, 0.15) is 18.7 Å². The fourth-order valence-corrected chi connectivity index (χ4v) is 3.45. The maximum atomic E-state index is 12.3. The number of benzene rings is 1. The molecule has 1 saturated heterocycles. The molecule has 1 aliphatic rings. The summed E-state index contributed by atoms with van der Waals surface area (Å²) in [6.45, 7) is 2.41. The van der Waals surface area contributed by atoms with Crippen molar-refractivity contribution in [2.75, 3.05) is 6.54 Å². The quantitative estimate of drug-likeness (QED) is 0.781. The van der Waals surface area contributed by atoms with Gasteiger partial charge in [-0.3, -0.25) is 14.4 Å². The zero-order chi connectivity index (χ0) is 16.5. The molecule has 2 aromatic heterocycles. The van der Waals surface area contributed by atoms with Gasteiger partial charge in [-0.05, 0) is 37.6 Å². The standard InChI is InChI=1S/C16H17ClN6O/c17-11-3-4-14-13(6-11)16(24)21-15(20-14)8-22-5-1-2-12(22)7-23-10-18-9-19-23/h3-4,6,9-10,12H,1-2,5,7-8H2,(H,20,21,24). The summed E-state index contributed by atoms with van der Waals surface area (Å²) in [5.74, 6) is 0.681. The summed E-state index contributed by atoms with van der Waals surface area (Å²) in [5.41, 5.74) is 0.523. The first-order valence-electron chi connectivity index (χ1n) is 7.94. The molecule has 1 N–H and O–H groups in total. The second kappa shape index (κ2) is 6.33. The van der Waals surface area contributed by atoms with Crippen LogP contribution in [0.25, 0.3) is 10.9 Å². The van der Waals surface area contributed by atoms with E-state index in [2.05, 4.69) is 25.0 Å². The highest BCUT2D eigenvalue weighted by Crippen LogP contribution is 2.21. The number of aromatic nitrogens is 5. The van der Waals surface area contributed by atoms with Gasteiger partial charge in [0.15, 0.2) is 0 Å². The molecule has 0 amide bonds. The van der Waals surface area contributed by atoms with Gasteiger partial charge in [-0.15, -0.1) is 0 Å². The molecular formula is C16H17ClN6O. The number of likely N-dealkylation sites (tertiary alicyclic amines) is 1. The molecule has 3 heterocycles. The van der Waals surface area contributed by atoms with Gasteiger partial charge in [0.25, 0.3) is 5.56 Å². The molecule has 0 spiro atoms. The molecule has 1 atom stereocenters. The molecule has 1 fully saturated rings. The Hall–Kier alpha value is -2.25. The van der Waals surface area contributed by atoms with Gasteiger partial charge in [0.1, 0.15) is 18.5 Å². The molecule has 8 heteroatoms. The van der Waals surface area contributed by atoms with Crippen molar-refractivity contribution in [2.45, 2.75) is 32.0 Å². The van der Waals surface area contributed by atoms with Crippen LogP contribution in [0.2, 0.25) is 5.02 Å². The molecule has 0 radical (unpaired) electrons. The number of aromatic amines is 1. The third-order valence-electron chi connectivity index (χ3n) is 4.43. The lowest BCUT2D eigenvalue weighted by atomic mass is 10.2. The maximum absolute atomic E-state index is 12.3. The van der Waals surface area contributed by atoms with Gasteiger partial charge in [0.2, 0.25) is 0 Å². The summed E-state index contributed by atoms with van der Waals surface area (Å²) in [4.78, 5) is 26.1. The fraction of sp³-hybridized carbons (Fsp3) is 0.375. The van der Waals surface area contributed by atoms with Crippen LogP contribution in [0.5, 0.6) is 0 Å². The monoisotopic (exact) mass is 344 g/mol. The van der Waals surface area contributed by atoms with Crippen LogP contribution in [-0.4, -0.2) is 42.2 Å². The van der Waals surface area contributed by atoms with Gasteiger partial charge in [0.05, 0.1) is 24.0 Å². The Kier molecular flexibility index (Phi) is 4.03. The summed E-state index contributed by atoms with van der Waals surface area (Å²) < 4.78 is 1.85. The summed E-state index contributed by atoms with van der Waals surface area (Å²) in [6.07, 6.45) is 5.52. The summed E-state index contributed by atoms with van der Waals surface area (Å²) in [7, 11) is 0. The Morgan fingerprint density at radius 1 is 1.38 bits per heavy atom. The van der Waals surface area contributed by atoms with Gasteiger partial charge in [0, 0.05) is 11.1 Å². The highest BCUT2D eigenvalue weighted by atomic mass is 35.5. The van der Waals surface area contributed by atoms with E-state index in [0.717, 1.165) is 25.9 Å². The average Bonchev–Trinajstić information content (AvgIpc) is 3.21. The number of hydrogen-bond acceptors (Lipinski definition) is 5. The van der Waals surface area contributed by atoms with Crippen molar-refractivity contribution in [1.82, 2.24) is 29.6 Å². The molecule has 1 aliphatic heterocycles. The van der Waals surface area contributed by atoms with Gasteiger partial charge in [-0.25, -0.2) is 9.97 Å². The van der Waals surface area contributed by atoms with E-state index in [9.17, 15) is 4.79 Å². The van der Waals surface area contributed by atoms with Gasteiger partial charge >= 0.3 is 0 Å². The minimum Gasteiger partial charge on any atom is -0.309 e. The lowest BCUT2D eigenvalue weighted by Crippen LogP contribution is -2.33. The first-order chi connectivity index (χ1) is 11.7. The Morgan fingerprint density at radius 2 is 2.29 bits per heavy atom. The number of nitrogens with one attached hydrogen (secondary N) is 1. The Labute approximate surface area is 143 Å². The molecule has 4 rings (SSSR count). The van der Waals surface area contributed by atoms with Crippen LogP contribution < -0.4 is 5.56 Å². The van der Waals surface area contributed by atoms with E-state index < -0.39 is 0 Å². The predicted molar refractivity (Wildman–Crippen MR) is 90.8 cm³/mol. The van der Waals surface area contributed by atoms with Crippen LogP contribution in [0.4, 0.5) is 0 Å². The topological polar surface area (TPSA) is 79.7 Å². The third-order valence-corrected chi connectivity index (χ3v) is 4.67. The molecule has 7 nitrogen and oxygen atoms in total. The molecule has 3 aromatic rings. The second-order valence-electron chi connectivity index (χ2n) is 6.06. The van der Waals surface area contributed by atoms with E-state index in [0.29, 0.717) is 34.3 Å². The zero-order valence-electron chi connectivity index (χ0n) is 13.0. The molecule has 0 saturated carbocycles. The fourth-order valence-electron chi connectivity index (χ4n) is 3.28. The van der Waals surface area contributed by atoms with Crippen molar-refractivity contribution in [1.29, 1.82) is 0 Å². The number of halogens is 1. The number of H-pyrrole nitrogens is 1. The highest BCUT2D eigenvalue weighted by Gasteiger charge is 2.25. The average molecular weight is 345 g/mol. The first kappa shape index (κ1) is 15.3. The third kappa shape index (κ3) is 3.05. The Balaban J connectivity index is 1.57. The number of fused-ring (bicyclic) bond motifs is 1. The molecule has 1 aromatic carbocycles. The molecule has 0 aliphatic carbocycles. The maximum Gasteiger partial charge on any atom is 0.258 e. The number of rotatable bonds is 4. The van der Waals surface area contributed by atoms with E-state index >= 15 is 0 Å². The Morgan fingerprint density at radius 3 is 3.12 bits per heavy atom. The summed E-state index contributed by atoms with van der Waals surface area (Å²) in [6, 6.07) is 5.56. The van der Waals surface area contributed by atoms with Gasteiger partial charge < -0.3 is 4.98 Å². The molecule has 0 bridgehead atoms. The van der Waals surface area contributed by atoms with Crippen molar-refractivity contribution >= 4 is 22.5 Å². The van der Waals surface area contributed by atoms with E-state index in [4.69, 9.17) is 11.6 Å². The summed E-state index contributed by atoms with van der Waals surface area (Å²) >= 11 is 5.95. The zero-order valence-corrected chi connectivity index (χ0v) is 13.8. The van der Waals surface area contributed by atoms with Crippen molar-refractivity contribution in [3.05, 3.63) is 52.1 Å². The van der Waals surface area contributed by atoms with E-state index in [-0.39, 0.29) is 5.56 Å². The second-order valence-corrected chi connectivity index (χ2v) is 6.49. The molecular weight excluding hydrogens is 328 g/mol. The lowest BCUT2D eigenvalue weighted by molar-refractivity contribution is 0.214. The largest absolute Gasteiger partial charge is 0.309 e. The summed E-state index contributed by atoms with van der Waals surface area (Å²) in [5, 5.41) is 5.23. The lowest BCUT2D eigenvalue weighted by Gasteiger charge is -2.23. The predicted octanol–water partition coefficient (Wildman–Crippen LogP) is 1.83. The minimum atomic E-state index is -0.149. The number of hydrogen-bond donors (Lipinski definition) is 1. The first-order valence-corrected chi connectivity index (χ1v) is 8.32. The SMILES string of the molecule is O=c1[nH]c(CN2CCCC2Cn2cncn2)nc2ccc(Cl)cc12. The van der Waals surface area contributed by atoms with E-state index in [1.165, 1.54) is 0 Å². The van der Waals surface area contributed by atoms with Crippen LogP contribution in [0, 0.1) is 0 Å². The van der Waals surface area contributed by atoms with Crippen LogP contribution in [0.15, 0.2) is 35.6 Å².